The molecule has 150 valence electrons. The zero-order chi connectivity index (χ0) is 20.5. The van der Waals surface area contributed by atoms with Crippen LogP contribution in [0.5, 0.6) is 11.5 Å². The van der Waals surface area contributed by atoms with Crippen LogP contribution in [0.25, 0.3) is 11.6 Å². The van der Waals surface area contributed by atoms with Gasteiger partial charge in [-0.15, -0.1) is 13.2 Å². The van der Waals surface area contributed by atoms with Gasteiger partial charge in [0, 0.05) is 0 Å². The zero-order valence-corrected chi connectivity index (χ0v) is 15.0. The average molecular weight is 405 g/mol. The minimum atomic E-state index is -4.74. The summed E-state index contributed by atoms with van der Waals surface area (Å²) in [4.78, 5) is 13.7. The lowest BCUT2D eigenvalue weighted by molar-refractivity contribution is -0.274. The van der Waals surface area contributed by atoms with Gasteiger partial charge >= 0.3 is 6.36 Å². The van der Waals surface area contributed by atoms with Crippen molar-refractivity contribution in [3.8, 4) is 23.1 Å². The van der Waals surface area contributed by atoms with Crippen LogP contribution in [0.2, 0.25) is 0 Å². The third-order valence-electron chi connectivity index (χ3n) is 4.16. The van der Waals surface area contributed by atoms with E-state index in [0.717, 1.165) is 0 Å². The Hall–Kier alpha value is -3.56. The summed E-state index contributed by atoms with van der Waals surface area (Å²) < 4.78 is 51.6. The number of hydrogen-bond acceptors (Lipinski definition) is 7. The van der Waals surface area contributed by atoms with Gasteiger partial charge in [-0.2, -0.15) is 0 Å². The van der Waals surface area contributed by atoms with Crippen molar-refractivity contribution < 1.29 is 31.9 Å². The number of alkyl halides is 3. The molecule has 0 spiro atoms. The fraction of sp³-hybridized carbons (Fsp3) is 0.211. The minimum Gasteiger partial charge on any atom is -0.443 e. The van der Waals surface area contributed by atoms with Gasteiger partial charge in [-0.1, -0.05) is 17.3 Å². The molecular weight excluding hydrogens is 391 g/mol. The summed E-state index contributed by atoms with van der Waals surface area (Å²) in [6.45, 7) is 1.76. The lowest BCUT2D eigenvalue weighted by atomic mass is 9.93. The van der Waals surface area contributed by atoms with Gasteiger partial charge in [0.25, 0.3) is 0 Å². The summed E-state index contributed by atoms with van der Waals surface area (Å²) in [6, 6.07) is 8.81. The maximum Gasteiger partial charge on any atom is 0.573 e. The Balaban J connectivity index is 1.40. The molecule has 1 aromatic carbocycles. The molecule has 7 nitrogen and oxygen atoms in total. The standard InChI is InChI=1S/C19H14F3N3O4/c1-18(12-2-4-13(5-3-12)28-19(20,21)22)10-16(25-29-18)27-14-6-7-15(24-11-14)17-23-8-9-26-17/h2-9,11H,10H2,1H3/t18-/m1/s1. The minimum absolute atomic E-state index is 0.286. The van der Waals surface area contributed by atoms with Gasteiger partial charge in [0.1, 0.15) is 23.5 Å². The van der Waals surface area contributed by atoms with Crippen LogP contribution in [0.4, 0.5) is 13.2 Å². The molecular formula is C19H14F3N3O4. The number of oxime groups is 1. The van der Waals surface area contributed by atoms with E-state index in [1.165, 1.54) is 42.9 Å². The van der Waals surface area contributed by atoms with E-state index in [1.54, 1.807) is 19.1 Å². The fourth-order valence-electron chi connectivity index (χ4n) is 2.78. The topological polar surface area (TPSA) is 79.0 Å². The Labute approximate surface area is 162 Å². The maximum atomic E-state index is 12.3. The molecule has 29 heavy (non-hydrogen) atoms. The number of oxazole rings is 1. The van der Waals surface area contributed by atoms with Crippen LogP contribution >= 0.6 is 0 Å². The van der Waals surface area contributed by atoms with E-state index < -0.39 is 12.0 Å². The van der Waals surface area contributed by atoms with Crippen molar-refractivity contribution in [2.45, 2.75) is 25.3 Å². The highest BCUT2D eigenvalue weighted by Gasteiger charge is 2.38. The van der Waals surface area contributed by atoms with Gasteiger partial charge in [-0.25, -0.2) is 9.97 Å². The van der Waals surface area contributed by atoms with E-state index in [2.05, 4.69) is 19.9 Å². The van der Waals surface area contributed by atoms with Crippen molar-refractivity contribution in [1.82, 2.24) is 9.97 Å². The summed E-state index contributed by atoms with van der Waals surface area (Å²) >= 11 is 0. The van der Waals surface area contributed by atoms with E-state index in [1.807, 2.05) is 0 Å². The number of nitrogens with zero attached hydrogens (tertiary/aromatic N) is 3. The smallest absolute Gasteiger partial charge is 0.443 e. The van der Waals surface area contributed by atoms with Crippen LogP contribution in [0.1, 0.15) is 18.9 Å². The SMILES string of the molecule is C[C@]1(c2ccc(OC(F)(F)F)cc2)CC(Oc2ccc(-c3ncco3)nc2)=NO1. The molecule has 0 saturated heterocycles. The van der Waals surface area contributed by atoms with Gasteiger partial charge in [-0.05, 0) is 36.8 Å². The summed E-state index contributed by atoms with van der Waals surface area (Å²) in [5.41, 5.74) is 0.307. The quantitative estimate of drug-likeness (QED) is 0.628. The molecule has 1 aliphatic rings. The predicted molar refractivity (Wildman–Crippen MR) is 94.0 cm³/mol. The Morgan fingerprint density at radius 3 is 2.41 bits per heavy atom. The van der Waals surface area contributed by atoms with Gasteiger partial charge < -0.3 is 18.7 Å². The number of pyridine rings is 1. The highest BCUT2D eigenvalue weighted by atomic mass is 19.4. The molecule has 0 amide bonds. The Morgan fingerprint density at radius 1 is 1.03 bits per heavy atom. The predicted octanol–water partition coefficient (Wildman–Crippen LogP) is 4.66. The van der Waals surface area contributed by atoms with Gasteiger partial charge in [0.15, 0.2) is 5.60 Å². The van der Waals surface area contributed by atoms with E-state index in [-0.39, 0.29) is 12.2 Å². The Bertz CT molecular complexity index is 1000. The molecule has 1 atom stereocenters. The third kappa shape index (κ3) is 4.31. The first-order valence-corrected chi connectivity index (χ1v) is 8.46. The average Bonchev–Trinajstić information content (AvgIpc) is 3.33. The zero-order valence-electron chi connectivity index (χ0n) is 15.0. The molecule has 0 unspecified atom stereocenters. The third-order valence-corrected chi connectivity index (χ3v) is 4.16. The molecule has 2 aromatic heterocycles. The second-order valence-corrected chi connectivity index (χ2v) is 6.37. The molecule has 0 N–H and O–H groups in total. The second kappa shape index (κ2) is 7.12. The van der Waals surface area contributed by atoms with Crippen molar-refractivity contribution in [1.29, 1.82) is 0 Å². The summed E-state index contributed by atoms with van der Waals surface area (Å²) in [5.74, 6) is 0.843. The van der Waals surface area contributed by atoms with Crippen LogP contribution in [-0.2, 0) is 10.4 Å². The Morgan fingerprint density at radius 2 is 1.79 bits per heavy atom. The van der Waals surface area contributed by atoms with Crippen LogP contribution in [-0.4, -0.2) is 22.2 Å². The first kappa shape index (κ1) is 18.8. The maximum absolute atomic E-state index is 12.3. The number of hydrogen-bond donors (Lipinski definition) is 0. The van der Waals surface area contributed by atoms with Gasteiger partial charge in [0.2, 0.25) is 11.8 Å². The summed E-state index contributed by atoms with van der Waals surface area (Å²) in [5, 5.41) is 3.94. The highest BCUT2D eigenvalue weighted by Crippen LogP contribution is 2.36. The number of aromatic nitrogens is 2. The van der Waals surface area contributed by atoms with Crippen molar-refractivity contribution in [2.24, 2.45) is 5.16 Å². The Kier molecular flexibility index (Phi) is 4.61. The first-order valence-electron chi connectivity index (χ1n) is 8.46. The van der Waals surface area contributed by atoms with E-state index >= 15 is 0 Å². The molecule has 4 rings (SSSR count). The highest BCUT2D eigenvalue weighted by molar-refractivity contribution is 5.80. The van der Waals surface area contributed by atoms with E-state index in [4.69, 9.17) is 14.0 Å². The normalized spacial score (nSPS) is 18.8. The fourth-order valence-corrected chi connectivity index (χ4v) is 2.78. The molecule has 3 heterocycles. The van der Waals surface area contributed by atoms with E-state index in [9.17, 15) is 13.2 Å². The van der Waals surface area contributed by atoms with Crippen molar-refractivity contribution >= 4 is 5.90 Å². The number of rotatable bonds is 4. The van der Waals surface area contributed by atoms with Crippen LogP contribution in [0.15, 0.2) is 64.6 Å². The van der Waals surface area contributed by atoms with Crippen LogP contribution < -0.4 is 9.47 Å². The molecule has 1 aliphatic heterocycles. The van der Waals surface area contributed by atoms with Crippen LogP contribution in [0.3, 0.4) is 0 Å². The summed E-state index contributed by atoms with van der Waals surface area (Å²) in [6.07, 6.45) is 0.0220. The molecule has 0 bridgehead atoms. The molecule has 3 aromatic rings. The first-order chi connectivity index (χ1) is 13.8. The molecule has 10 heteroatoms. The second-order valence-electron chi connectivity index (χ2n) is 6.37. The molecule has 0 aliphatic carbocycles. The van der Waals surface area contributed by atoms with E-state index in [0.29, 0.717) is 28.8 Å². The molecule has 0 saturated carbocycles. The number of halogens is 3. The summed E-state index contributed by atoms with van der Waals surface area (Å²) in [7, 11) is 0. The lowest BCUT2D eigenvalue weighted by Crippen LogP contribution is -2.23. The van der Waals surface area contributed by atoms with Crippen molar-refractivity contribution in [2.75, 3.05) is 0 Å². The van der Waals surface area contributed by atoms with Crippen LogP contribution in [0, 0.1) is 0 Å². The monoisotopic (exact) mass is 405 g/mol. The largest absolute Gasteiger partial charge is 0.573 e. The van der Waals surface area contributed by atoms with Crippen molar-refractivity contribution in [3.63, 3.8) is 0 Å². The number of ether oxygens (including phenoxy) is 2. The van der Waals surface area contributed by atoms with Gasteiger partial charge in [-0.3, -0.25) is 0 Å². The molecule has 0 radical (unpaired) electrons. The lowest BCUT2D eigenvalue weighted by Gasteiger charge is -2.21. The molecule has 0 fully saturated rings. The van der Waals surface area contributed by atoms with Gasteiger partial charge in [0.05, 0.1) is 18.8 Å². The van der Waals surface area contributed by atoms with Crippen molar-refractivity contribution in [3.05, 3.63) is 60.6 Å². The number of benzene rings is 1.